The normalized spacial score (nSPS) is 35.9. The topological polar surface area (TPSA) is 26.3 Å². The van der Waals surface area contributed by atoms with Gasteiger partial charge in [-0.3, -0.25) is 4.79 Å². The molecule has 0 aromatic carbocycles. The predicted molar refractivity (Wildman–Crippen MR) is 86.8 cm³/mol. The van der Waals surface area contributed by atoms with Crippen LogP contribution in [0.15, 0.2) is 23.8 Å². The Labute approximate surface area is 129 Å². The molecule has 2 aliphatic rings. The number of ether oxygens (including phenoxy) is 1. The monoisotopic (exact) mass is 290 g/mol. The number of esters is 1. The molecule has 0 saturated heterocycles. The van der Waals surface area contributed by atoms with Crippen LogP contribution in [0.2, 0.25) is 0 Å². The van der Waals surface area contributed by atoms with Gasteiger partial charge < -0.3 is 4.74 Å². The first-order valence-corrected chi connectivity index (χ1v) is 8.37. The molecule has 5 atom stereocenters. The summed E-state index contributed by atoms with van der Waals surface area (Å²) in [7, 11) is 0. The van der Waals surface area contributed by atoms with Gasteiger partial charge in [0.2, 0.25) is 0 Å². The molecule has 0 bridgehead atoms. The van der Waals surface area contributed by atoms with Crippen molar-refractivity contribution in [3.63, 3.8) is 0 Å². The Hall–Kier alpha value is -1.05. The number of hydrogen-bond acceptors (Lipinski definition) is 2. The number of fused-ring (bicyclic) bond motifs is 1. The SMILES string of the molecule is CCC(C)(C)C(=O)O[C@H]1C[C@@H](C)C=C2C=C[C@@H](C)[C@H](C)C21. The molecule has 0 amide bonds. The van der Waals surface area contributed by atoms with E-state index >= 15 is 0 Å². The van der Waals surface area contributed by atoms with Gasteiger partial charge in [0.1, 0.15) is 6.10 Å². The highest BCUT2D eigenvalue weighted by Gasteiger charge is 2.41. The molecular formula is C19H30O2. The summed E-state index contributed by atoms with van der Waals surface area (Å²) in [5, 5.41) is 0. The molecule has 0 radical (unpaired) electrons. The van der Waals surface area contributed by atoms with E-state index in [1.807, 2.05) is 20.8 Å². The van der Waals surface area contributed by atoms with Gasteiger partial charge in [0.25, 0.3) is 0 Å². The lowest BCUT2D eigenvalue weighted by Gasteiger charge is -2.42. The standard InChI is InChI=1S/C19H30O2/c1-7-19(5,6)18(20)21-16-11-12(2)10-15-9-8-13(3)14(4)17(15)16/h8-10,12-14,16-17H,7,11H2,1-6H3/t12-,13+,14-,16-,17?/m0/s1. The van der Waals surface area contributed by atoms with E-state index in [1.165, 1.54) is 5.57 Å². The lowest BCUT2D eigenvalue weighted by Crippen LogP contribution is -2.41. The molecule has 1 unspecified atom stereocenters. The second-order valence-corrected chi connectivity index (χ2v) is 7.66. The maximum Gasteiger partial charge on any atom is 0.311 e. The number of hydrogen-bond donors (Lipinski definition) is 0. The van der Waals surface area contributed by atoms with Gasteiger partial charge in [0, 0.05) is 5.92 Å². The average molecular weight is 290 g/mol. The van der Waals surface area contributed by atoms with Crippen molar-refractivity contribution in [1.29, 1.82) is 0 Å². The van der Waals surface area contributed by atoms with Crippen molar-refractivity contribution in [3.8, 4) is 0 Å². The highest BCUT2D eigenvalue weighted by atomic mass is 16.5. The summed E-state index contributed by atoms with van der Waals surface area (Å²) in [4.78, 5) is 12.5. The van der Waals surface area contributed by atoms with Crippen molar-refractivity contribution >= 4 is 5.97 Å². The van der Waals surface area contributed by atoms with Gasteiger partial charge in [0.05, 0.1) is 5.41 Å². The van der Waals surface area contributed by atoms with Gasteiger partial charge in [0.15, 0.2) is 0 Å². The molecule has 118 valence electrons. The Morgan fingerprint density at radius 1 is 1.33 bits per heavy atom. The van der Waals surface area contributed by atoms with Gasteiger partial charge in [-0.05, 0) is 50.0 Å². The van der Waals surface area contributed by atoms with Crippen molar-refractivity contribution in [1.82, 2.24) is 0 Å². The predicted octanol–water partition coefficient (Wildman–Crippen LogP) is 4.76. The van der Waals surface area contributed by atoms with Crippen LogP contribution in [0, 0.1) is 29.1 Å². The van der Waals surface area contributed by atoms with Crippen LogP contribution >= 0.6 is 0 Å². The number of allylic oxidation sites excluding steroid dienone is 3. The number of carbonyl (C=O) groups excluding carboxylic acids is 1. The maximum atomic E-state index is 12.5. The molecule has 0 aromatic heterocycles. The van der Waals surface area contributed by atoms with Gasteiger partial charge in [-0.25, -0.2) is 0 Å². The zero-order valence-electron chi connectivity index (χ0n) is 14.3. The second-order valence-electron chi connectivity index (χ2n) is 7.66. The van der Waals surface area contributed by atoms with Crippen LogP contribution in [0.1, 0.15) is 54.4 Å². The fraction of sp³-hybridized carbons (Fsp3) is 0.737. The van der Waals surface area contributed by atoms with Crippen molar-refractivity contribution < 1.29 is 9.53 Å². The van der Waals surface area contributed by atoms with E-state index in [2.05, 4.69) is 39.0 Å². The molecule has 0 aliphatic heterocycles. The molecule has 21 heavy (non-hydrogen) atoms. The summed E-state index contributed by atoms with van der Waals surface area (Å²) in [6.45, 7) is 12.8. The number of rotatable bonds is 3. The van der Waals surface area contributed by atoms with E-state index in [0.29, 0.717) is 23.7 Å². The van der Waals surface area contributed by atoms with E-state index in [0.717, 1.165) is 12.8 Å². The Morgan fingerprint density at radius 3 is 2.62 bits per heavy atom. The Kier molecular flexibility index (Phi) is 4.65. The summed E-state index contributed by atoms with van der Waals surface area (Å²) < 4.78 is 5.99. The van der Waals surface area contributed by atoms with Crippen molar-refractivity contribution in [2.24, 2.45) is 29.1 Å². The van der Waals surface area contributed by atoms with Crippen molar-refractivity contribution in [2.75, 3.05) is 0 Å². The van der Waals surface area contributed by atoms with Crippen LogP contribution in [0.4, 0.5) is 0 Å². The van der Waals surface area contributed by atoms with Gasteiger partial charge in [-0.2, -0.15) is 0 Å². The molecule has 2 aliphatic carbocycles. The summed E-state index contributed by atoms with van der Waals surface area (Å²) >= 11 is 0. The Morgan fingerprint density at radius 2 is 2.00 bits per heavy atom. The van der Waals surface area contributed by atoms with Crippen molar-refractivity contribution in [2.45, 2.75) is 60.5 Å². The lowest BCUT2D eigenvalue weighted by molar-refractivity contribution is -0.164. The average Bonchev–Trinajstić information content (AvgIpc) is 2.42. The summed E-state index contributed by atoms with van der Waals surface area (Å²) in [5.74, 6) is 1.86. The Balaban J connectivity index is 2.22. The van der Waals surface area contributed by atoms with Crippen LogP contribution in [0.25, 0.3) is 0 Å². The third-order valence-corrected chi connectivity index (χ3v) is 5.55. The van der Waals surface area contributed by atoms with E-state index < -0.39 is 0 Å². The molecule has 0 heterocycles. The largest absolute Gasteiger partial charge is 0.461 e. The molecular weight excluding hydrogens is 260 g/mol. The molecule has 0 fully saturated rings. The third kappa shape index (κ3) is 3.25. The molecule has 0 spiro atoms. The molecule has 2 rings (SSSR count). The van der Waals surface area contributed by atoms with E-state index in [4.69, 9.17) is 4.74 Å². The van der Waals surface area contributed by atoms with Crippen LogP contribution in [0.3, 0.4) is 0 Å². The quantitative estimate of drug-likeness (QED) is 0.701. The zero-order chi connectivity index (χ0) is 15.8. The van der Waals surface area contributed by atoms with E-state index in [1.54, 1.807) is 0 Å². The first kappa shape index (κ1) is 16.3. The first-order valence-electron chi connectivity index (χ1n) is 8.37. The summed E-state index contributed by atoms with van der Waals surface area (Å²) in [6.07, 6.45) is 8.69. The molecule has 2 heteroatoms. The van der Waals surface area contributed by atoms with Crippen LogP contribution in [0.5, 0.6) is 0 Å². The summed E-state index contributed by atoms with van der Waals surface area (Å²) in [5.41, 5.74) is 0.982. The highest BCUT2D eigenvalue weighted by molar-refractivity contribution is 5.76. The van der Waals surface area contributed by atoms with Gasteiger partial charge >= 0.3 is 5.97 Å². The Bertz CT molecular complexity index is 458. The zero-order valence-corrected chi connectivity index (χ0v) is 14.3. The molecule has 2 nitrogen and oxygen atoms in total. The van der Waals surface area contributed by atoms with Crippen LogP contribution in [-0.2, 0) is 9.53 Å². The summed E-state index contributed by atoms with van der Waals surface area (Å²) in [6, 6.07) is 0. The van der Waals surface area contributed by atoms with E-state index in [-0.39, 0.29) is 17.5 Å². The number of carbonyl (C=O) groups is 1. The van der Waals surface area contributed by atoms with Crippen molar-refractivity contribution in [3.05, 3.63) is 23.8 Å². The molecule has 0 saturated carbocycles. The minimum atomic E-state index is -0.385. The minimum absolute atomic E-state index is 0.0284. The van der Waals surface area contributed by atoms with Crippen LogP contribution < -0.4 is 0 Å². The highest BCUT2D eigenvalue weighted by Crippen LogP contribution is 2.43. The maximum absolute atomic E-state index is 12.5. The second kappa shape index (κ2) is 5.98. The molecule has 0 aromatic rings. The van der Waals surface area contributed by atoms with Gasteiger partial charge in [-0.1, -0.05) is 45.9 Å². The van der Waals surface area contributed by atoms with Gasteiger partial charge in [-0.15, -0.1) is 0 Å². The fourth-order valence-electron chi connectivity index (χ4n) is 3.37. The smallest absolute Gasteiger partial charge is 0.311 e. The van der Waals surface area contributed by atoms with Crippen LogP contribution in [-0.4, -0.2) is 12.1 Å². The lowest BCUT2D eigenvalue weighted by atomic mass is 9.67. The fourth-order valence-corrected chi connectivity index (χ4v) is 3.37. The third-order valence-electron chi connectivity index (χ3n) is 5.55. The minimum Gasteiger partial charge on any atom is -0.461 e. The molecule has 0 N–H and O–H groups in total. The first-order chi connectivity index (χ1) is 9.76. The van der Waals surface area contributed by atoms with E-state index in [9.17, 15) is 4.79 Å².